The van der Waals surface area contributed by atoms with Crippen molar-refractivity contribution in [2.24, 2.45) is 17.8 Å². The molecule has 9 heteroatoms. The van der Waals surface area contributed by atoms with E-state index in [2.05, 4.69) is 10.6 Å². The van der Waals surface area contributed by atoms with E-state index in [-0.39, 0.29) is 30.2 Å². The van der Waals surface area contributed by atoms with Gasteiger partial charge in [-0.25, -0.2) is 0 Å². The Morgan fingerprint density at radius 2 is 1.81 bits per heavy atom. The average Bonchev–Trinajstić information content (AvgIpc) is 3.46. The predicted molar refractivity (Wildman–Crippen MR) is 160 cm³/mol. The second-order valence-electron chi connectivity index (χ2n) is 12.3. The van der Waals surface area contributed by atoms with Crippen molar-refractivity contribution in [1.82, 2.24) is 4.90 Å². The van der Waals surface area contributed by atoms with Crippen molar-refractivity contribution in [1.29, 1.82) is 0 Å². The number of hydrogen-bond acceptors (Lipinski definition) is 6. The number of aliphatic hydroxyl groups is 1. The van der Waals surface area contributed by atoms with Gasteiger partial charge in [-0.05, 0) is 101 Å². The molecule has 3 fully saturated rings. The summed E-state index contributed by atoms with van der Waals surface area (Å²) in [6.07, 6.45) is 2.48. The summed E-state index contributed by atoms with van der Waals surface area (Å²) in [5.41, 5.74) is 1.21. The molecule has 3 amide bonds. The largest absolute Gasteiger partial charge is 0.494 e. The summed E-state index contributed by atoms with van der Waals surface area (Å²) in [6, 6.07) is 12.2. The van der Waals surface area contributed by atoms with E-state index in [1.807, 2.05) is 52.8 Å². The molecule has 3 unspecified atom stereocenters. The number of nitrogens with one attached hydrogen (secondary N) is 2. The number of likely N-dealkylation sites (tertiary alicyclic amines) is 1. The third kappa shape index (κ3) is 5.07. The zero-order chi connectivity index (χ0) is 30.2. The molecule has 3 N–H and O–H groups in total. The first-order chi connectivity index (χ1) is 20.1. The Labute approximate surface area is 248 Å². The van der Waals surface area contributed by atoms with Crippen LogP contribution in [0.1, 0.15) is 57.6 Å². The summed E-state index contributed by atoms with van der Waals surface area (Å²) < 4.78 is 12.3. The van der Waals surface area contributed by atoms with Crippen molar-refractivity contribution >= 4 is 29.1 Å². The van der Waals surface area contributed by atoms with Crippen LogP contribution in [-0.4, -0.2) is 64.7 Å². The zero-order valence-corrected chi connectivity index (χ0v) is 25.2. The Balaban J connectivity index is 1.48. The van der Waals surface area contributed by atoms with Gasteiger partial charge >= 0.3 is 0 Å². The molecule has 42 heavy (non-hydrogen) atoms. The fraction of sp³-hybridized carbons (Fsp3) is 0.545. The molecule has 226 valence electrons. The van der Waals surface area contributed by atoms with Crippen LogP contribution < -0.4 is 15.4 Å². The summed E-state index contributed by atoms with van der Waals surface area (Å²) in [5, 5.41) is 15.4. The maximum absolute atomic E-state index is 14.3. The minimum Gasteiger partial charge on any atom is -0.494 e. The van der Waals surface area contributed by atoms with E-state index in [4.69, 9.17) is 9.47 Å². The van der Waals surface area contributed by atoms with Crippen molar-refractivity contribution in [2.45, 2.75) is 77.5 Å². The highest BCUT2D eigenvalue weighted by Crippen LogP contribution is 2.65. The van der Waals surface area contributed by atoms with Gasteiger partial charge < -0.3 is 30.1 Å². The van der Waals surface area contributed by atoms with Gasteiger partial charge in [-0.3, -0.25) is 14.4 Å². The summed E-state index contributed by atoms with van der Waals surface area (Å²) in [6.45, 7) is 10.7. The highest BCUT2D eigenvalue weighted by atomic mass is 16.5. The molecule has 1 spiro atoms. The van der Waals surface area contributed by atoms with Crippen molar-refractivity contribution in [3.63, 3.8) is 0 Å². The van der Waals surface area contributed by atoms with Crippen LogP contribution in [0, 0.1) is 31.6 Å². The number of anilines is 2. The van der Waals surface area contributed by atoms with Gasteiger partial charge in [0, 0.05) is 24.5 Å². The normalized spacial score (nSPS) is 29.5. The second-order valence-corrected chi connectivity index (χ2v) is 12.3. The van der Waals surface area contributed by atoms with Gasteiger partial charge in [0.05, 0.1) is 24.0 Å². The van der Waals surface area contributed by atoms with Crippen molar-refractivity contribution < 1.29 is 29.0 Å². The van der Waals surface area contributed by atoms with Crippen LogP contribution in [0.4, 0.5) is 11.4 Å². The SMILES string of the molecule is CCOc1ccc(NC(=O)[C@H]2[C@H]3C(=O)N(CCCCCO)C(C(=O)Nc4cc(C)ccc4C)C34CC(C)[C@]2(C)O4)cc1. The third-order valence-corrected chi connectivity index (χ3v) is 9.49. The van der Waals surface area contributed by atoms with E-state index < -0.39 is 29.1 Å². The minimum atomic E-state index is -1.12. The van der Waals surface area contributed by atoms with E-state index in [9.17, 15) is 19.5 Å². The molecule has 6 atom stereocenters. The Morgan fingerprint density at radius 3 is 2.50 bits per heavy atom. The zero-order valence-electron chi connectivity index (χ0n) is 25.2. The van der Waals surface area contributed by atoms with Crippen LogP contribution in [0.2, 0.25) is 0 Å². The summed E-state index contributed by atoms with van der Waals surface area (Å²) >= 11 is 0. The number of carbonyl (C=O) groups is 3. The molecular formula is C33H43N3O6. The number of aliphatic hydroxyl groups excluding tert-OH is 1. The number of hydrogen-bond donors (Lipinski definition) is 3. The highest BCUT2D eigenvalue weighted by molar-refractivity contribution is 6.05. The third-order valence-electron chi connectivity index (χ3n) is 9.49. The van der Waals surface area contributed by atoms with Gasteiger partial charge in [-0.15, -0.1) is 0 Å². The fourth-order valence-electron chi connectivity index (χ4n) is 7.34. The highest BCUT2D eigenvalue weighted by Gasteiger charge is 2.79. The van der Waals surface area contributed by atoms with Crippen molar-refractivity contribution in [3.05, 3.63) is 53.6 Å². The number of carbonyl (C=O) groups excluding carboxylic acids is 3. The van der Waals surface area contributed by atoms with E-state index in [0.29, 0.717) is 49.5 Å². The average molecular weight is 578 g/mol. The Morgan fingerprint density at radius 1 is 1.07 bits per heavy atom. The van der Waals surface area contributed by atoms with Gasteiger partial charge in [0.15, 0.2) is 0 Å². The second kappa shape index (κ2) is 11.7. The molecular weight excluding hydrogens is 534 g/mol. The number of fused-ring (bicyclic) bond motifs is 1. The number of rotatable bonds is 11. The van der Waals surface area contributed by atoms with Crippen molar-refractivity contribution in [3.8, 4) is 5.75 Å². The summed E-state index contributed by atoms with van der Waals surface area (Å²) in [4.78, 5) is 44.1. The van der Waals surface area contributed by atoms with Crippen molar-refractivity contribution in [2.75, 3.05) is 30.4 Å². The molecule has 0 radical (unpaired) electrons. The molecule has 9 nitrogen and oxygen atoms in total. The monoisotopic (exact) mass is 577 g/mol. The topological polar surface area (TPSA) is 117 Å². The molecule has 0 aliphatic carbocycles. The van der Waals surface area contributed by atoms with Crippen LogP contribution in [0.15, 0.2) is 42.5 Å². The molecule has 2 aromatic rings. The first-order valence-electron chi connectivity index (χ1n) is 15.1. The lowest BCUT2D eigenvalue weighted by atomic mass is 9.62. The van der Waals surface area contributed by atoms with Gasteiger partial charge in [-0.1, -0.05) is 19.1 Å². The van der Waals surface area contributed by atoms with Gasteiger partial charge in [0.1, 0.15) is 17.4 Å². The molecule has 3 saturated heterocycles. The predicted octanol–water partition coefficient (Wildman–Crippen LogP) is 4.45. The first-order valence-corrected chi connectivity index (χ1v) is 15.1. The lowest BCUT2D eigenvalue weighted by Crippen LogP contribution is -2.54. The smallest absolute Gasteiger partial charge is 0.250 e. The number of unbranched alkanes of at least 4 members (excludes halogenated alkanes) is 2. The number of benzene rings is 2. The quantitative estimate of drug-likeness (QED) is 0.340. The van der Waals surface area contributed by atoms with Crippen LogP contribution in [-0.2, 0) is 19.1 Å². The van der Waals surface area contributed by atoms with Crippen LogP contribution in [0.3, 0.4) is 0 Å². The summed E-state index contributed by atoms with van der Waals surface area (Å²) in [5.74, 6) is -1.70. The molecule has 3 aliphatic rings. The Bertz CT molecular complexity index is 1350. The summed E-state index contributed by atoms with van der Waals surface area (Å²) in [7, 11) is 0. The lowest BCUT2D eigenvalue weighted by molar-refractivity contribution is -0.144. The maximum Gasteiger partial charge on any atom is 0.250 e. The molecule has 3 aliphatic heterocycles. The molecule has 2 bridgehead atoms. The first kappa shape index (κ1) is 30.0. The number of aryl methyl sites for hydroxylation is 2. The number of ether oxygens (including phenoxy) is 2. The van der Waals surface area contributed by atoms with Crippen LogP contribution >= 0.6 is 0 Å². The Hall–Kier alpha value is -3.43. The Kier molecular flexibility index (Phi) is 8.36. The lowest BCUT2D eigenvalue weighted by Gasteiger charge is -2.36. The van der Waals surface area contributed by atoms with Gasteiger partial charge in [-0.2, -0.15) is 0 Å². The fourth-order valence-corrected chi connectivity index (χ4v) is 7.34. The molecule has 0 aromatic heterocycles. The maximum atomic E-state index is 14.3. The number of nitrogens with zero attached hydrogens (tertiary/aromatic N) is 1. The molecule has 3 heterocycles. The molecule has 0 saturated carbocycles. The van der Waals surface area contributed by atoms with Gasteiger partial charge in [0.2, 0.25) is 17.7 Å². The van der Waals surface area contributed by atoms with E-state index >= 15 is 0 Å². The van der Waals surface area contributed by atoms with E-state index in [0.717, 1.165) is 17.5 Å². The van der Waals surface area contributed by atoms with Crippen LogP contribution in [0.5, 0.6) is 5.75 Å². The van der Waals surface area contributed by atoms with E-state index in [1.54, 1.807) is 29.2 Å². The molecule has 5 rings (SSSR count). The molecule has 2 aromatic carbocycles. The van der Waals surface area contributed by atoms with Crippen LogP contribution in [0.25, 0.3) is 0 Å². The standard InChI is InChI=1S/C33H43N3O6/c1-6-41-24-14-12-23(13-15-24)34-29(38)26-27-31(40)36(16-8-7-9-17-37)28(33(27)19-22(4)32(26,5)42-33)30(39)35-25-18-20(2)10-11-21(25)3/h10-15,18,22,26-28,37H,6-9,16-17,19H2,1-5H3,(H,34,38)(H,35,39)/t22?,26-,27+,28?,32+,33?/m1/s1. The minimum absolute atomic E-state index is 0.0528. The van der Waals surface area contributed by atoms with E-state index in [1.165, 1.54) is 0 Å². The van der Waals surface area contributed by atoms with Gasteiger partial charge in [0.25, 0.3) is 0 Å². The number of amides is 3.